The van der Waals surface area contributed by atoms with Gasteiger partial charge in [0.1, 0.15) is 0 Å². The van der Waals surface area contributed by atoms with Crippen LogP contribution in [0.15, 0.2) is 24.3 Å². The number of nitrogens with one attached hydrogen (secondary N) is 2. The van der Waals surface area contributed by atoms with Crippen molar-refractivity contribution in [3.63, 3.8) is 0 Å². The zero-order chi connectivity index (χ0) is 13.7. The van der Waals surface area contributed by atoms with Gasteiger partial charge in [-0.2, -0.15) is 0 Å². The first-order valence-corrected chi connectivity index (χ1v) is 7.29. The smallest absolute Gasteiger partial charge is 0.224 e. The molecule has 0 bridgehead atoms. The van der Waals surface area contributed by atoms with Crippen LogP contribution in [0.25, 0.3) is 0 Å². The molecule has 104 valence electrons. The molecule has 1 aliphatic heterocycles. The molecule has 0 spiro atoms. The van der Waals surface area contributed by atoms with Crippen LogP contribution in [0.3, 0.4) is 0 Å². The van der Waals surface area contributed by atoms with Crippen molar-refractivity contribution < 1.29 is 4.79 Å². The standard InChI is InChI=1S/C16H24N2O/c1-3-12(2)14-4-6-15(7-5-14)18-16(19)10-13-8-9-17-11-13/h4-7,12-13,17H,3,8-11H2,1-2H3,(H,18,19). The second-order valence-corrected chi connectivity index (χ2v) is 5.54. The average Bonchev–Trinajstić information content (AvgIpc) is 2.91. The van der Waals surface area contributed by atoms with E-state index in [9.17, 15) is 4.79 Å². The number of hydrogen-bond acceptors (Lipinski definition) is 2. The van der Waals surface area contributed by atoms with Crippen molar-refractivity contribution in [2.75, 3.05) is 18.4 Å². The zero-order valence-corrected chi connectivity index (χ0v) is 11.9. The topological polar surface area (TPSA) is 41.1 Å². The molecule has 2 unspecified atom stereocenters. The third kappa shape index (κ3) is 4.06. The first-order valence-electron chi connectivity index (χ1n) is 7.29. The minimum atomic E-state index is 0.130. The fourth-order valence-electron chi connectivity index (χ4n) is 2.49. The van der Waals surface area contributed by atoms with E-state index in [1.165, 1.54) is 5.56 Å². The van der Waals surface area contributed by atoms with Gasteiger partial charge in [-0.1, -0.05) is 26.0 Å². The summed E-state index contributed by atoms with van der Waals surface area (Å²) in [5, 5.41) is 6.27. The highest BCUT2D eigenvalue weighted by Gasteiger charge is 2.17. The number of rotatable bonds is 5. The highest BCUT2D eigenvalue weighted by atomic mass is 16.1. The molecule has 1 heterocycles. The zero-order valence-electron chi connectivity index (χ0n) is 11.9. The lowest BCUT2D eigenvalue weighted by atomic mass is 9.98. The van der Waals surface area contributed by atoms with Crippen molar-refractivity contribution in [3.8, 4) is 0 Å². The molecule has 0 aromatic heterocycles. The number of carbonyl (C=O) groups excluding carboxylic acids is 1. The monoisotopic (exact) mass is 260 g/mol. The maximum absolute atomic E-state index is 11.9. The molecule has 2 atom stereocenters. The molecule has 1 saturated heterocycles. The molecule has 1 amide bonds. The van der Waals surface area contributed by atoms with Gasteiger partial charge in [-0.3, -0.25) is 4.79 Å². The van der Waals surface area contributed by atoms with Crippen LogP contribution in [0.1, 0.15) is 44.6 Å². The minimum Gasteiger partial charge on any atom is -0.326 e. The minimum absolute atomic E-state index is 0.130. The quantitative estimate of drug-likeness (QED) is 0.854. The number of hydrogen-bond donors (Lipinski definition) is 2. The van der Waals surface area contributed by atoms with Crippen LogP contribution in [0.4, 0.5) is 5.69 Å². The molecular weight excluding hydrogens is 236 g/mol. The molecule has 19 heavy (non-hydrogen) atoms. The van der Waals surface area contributed by atoms with E-state index in [-0.39, 0.29) is 5.91 Å². The van der Waals surface area contributed by atoms with E-state index in [0.717, 1.165) is 31.6 Å². The maximum Gasteiger partial charge on any atom is 0.224 e. The third-order valence-electron chi connectivity index (χ3n) is 4.01. The van der Waals surface area contributed by atoms with Crippen LogP contribution in [-0.4, -0.2) is 19.0 Å². The van der Waals surface area contributed by atoms with Crippen LogP contribution in [0.2, 0.25) is 0 Å². The number of benzene rings is 1. The number of anilines is 1. The molecule has 2 rings (SSSR count). The Hall–Kier alpha value is -1.35. The molecule has 0 aliphatic carbocycles. The fraction of sp³-hybridized carbons (Fsp3) is 0.562. The summed E-state index contributed by atoms with van der Waals surface area (Å²) >= 11 is 0. The molecule has 1 aromatic carbocycles. The lowest BCUT2D eigenvalue weighted by Gasteiger charge is -2.12. The highest BCUT2D eigenvalue weighted by molar-refractivity contribution is 5.90. The third-order valence-corrected chi connectivity index (χ3v) is 4.01. The lowest BCUT2D eigenvalue weighted by Crippen LogP contribution is -2.18. The van der Waals surface area contributed by atoms with Crippen molar-refractivity contribution >= 4 is 11.6 Å². The molecule has 1 aromatic rings. The molecule has 1 aliphatic rings. The van der Waals surface area contributed by atoms with E-state index >= 15 is 0 Å². The Morgan fingerprint density at radius 2 is 2.16 bits per heavy atom. The lowest BCUT2D eigenvalue weighted by molar-refractivity contribution is -0.116. The second-order valence-electron chi connectivity index (χ2n) is 5.54. The van der Waals surface area contributed by atoms with Gasteiger partial charge in [-0.05, 0) is 55.5 Å². The Balaban J connectivity index is 1.86. The number of amides is 1. The van der Waals surface area contributed by atoms with Gasteiger partial charge in [-0.15, -0.1) is 0 Å². The summed E-state index contributed by atoms with van der Waals surface area (Å²) in [6, 6.07) is 8.24. The summed E-state index contributed by atoms with van der Waals surface area (Å²) in [7, 11) is 0. The summed E-state index contributed by atoms with van der Waals surface area (Å²) in [6.07, 6.45) is 2.88. The van der Waals surface area contributed by atoms with Crippen LogP contribution in [-0.2, 0) is 4.79 Å². The van der Waals surface area contributed by atoms with Gasteiger partial charge >= 0.3 is 0 Å². The van der Waals surface area contributed by atoms with Gasteiger partial charge in [-0.25, -0.2) is 0 Å². The van der Waals surface area contributed by atoms with Gasteiger partial charge in [0.15, 0.2) is 0 Å². The summed E-state index contributed by atoms with van der Waals surface area (Å²) in [4.78, 5) is 11.9. The van der Waals surface area contributed by atoms with Gasteiger partial charge in [0.05, 0.1) is 0 Å². The molecule has 0 radical (unpaired) electrons. The van der Waals surface area contributed by atoms with Crippen LogP contribution in [0, 0.1) is 5.92 Å². The Labute approximate surface area is 115 Å². The molecule has 1 fully saturated rings. The van der Waals surface area contributed by atoms with E-state index in [1.54, 1.807) is 0 Å². The number of carbonyl (C=O) groups is 1. The van der Waals surface area contributed by atoms with Gasteiger partial charge in [0.2, 0.25) is 5.91 Å². The SMILES string of the molecule is CCC(C)c1ccc(NC(=O)CC2CCNC2)cc1. The maximum atomic E-state index is 11.9. The summed E-state index contributed by atoms with van der Waals surface area (Å²) in [6.45, 7) is 6.43. The fourth-order valence-corrected chi connectivity index (χ4v) is 2.49. The Kier molecular flexibility index (Phi) is 4.97. The van der Waals surface area contributed by atoms with E-state index in [2.05, 4.69) is 36.6 Å². The van der Waals surface area contributed by atoms with Crippen LogP contribution in [0.5, 0.6) is 0 Å². The van der Waals surface area contributed by atoms with E-state index in [4.69, 9.17) is 0 Å². The molecule has 2 N–H and O–H groups in total. The normalized spacial score (nSPS) is 20.2. The van der Waals surface area contributed by atoms with Crippen molar-refractivity contribution in [1.82, 2.24) is 5.32 Å². The van der Waals surface area contributed by atoms with Crippen LogP contribution >= 0.6 is 0 Å². The average molecular weight is 260 g/mol. The van der Waals surface area contributed by atoms with Gasteiger partial charge in [0.25, 0.3) is 0 Å². The Morgan fingerprint density at radius 3 is 2.74 bits per heavy atom. The van der Waals surface area contributed by atoms with E-state index < -0.39 is 0 Å². The molecular formula is C16H24N2O. The Morgan fingerprint density at radius 1 is 1.42 bits per heavy atom. The van der Waals surface area contributed by atoms with Crippen molar-refractivity contribution in [3.05, 3.63) is 29.8 Å². The molecule has 0 saturated carbocycles. The van der Waals surface area contributed by atoms with Gasteiger partial charge < -0.3 is 10.6 Å². The van der Waals surface area contributed by atoms with Crippen molar-refractivity contribution in [1.29, 1.82) is 0 Å². The largest absolute Gasteiger partial charge is 0.326 e. The van der Waals surface area contributed by atoms with Crippen molar-refractivity contribution in [2.45, 2.75) is 39.0 Å². The predicted octanol–water partition coefficient (Wildman–Crippen LogP) is 3.14. The van der Waals surface area contributed by atoms with Crippen molar-refractivity contribution in [2.24, 2.45) is 5.92 Å². The Bertz CT molecular complexity index is 407. The van der Waals surface area contributed by atoms with Gasteiger partial charge in [0, 0.05) is 12.1 Å². The van der Waals surface area contributed by atoms with E-state index in [1.807, 2.05) is 12.1 Å². The summed E-state index contributed by atoms with van der Waals surface area (Å²) < 4.78 is 0. The molecule has 3 nitrogen and oxygen atoms in total. The predicted molar refractivity (Wildman–Crippen MR) is 79.4 cm³/mol. The van der Waals surface area contributed by atoms with E-state index in [0.29, 0.717) is 18.3 Å². The summed E-state index contributed by atoms with van der Waals surface area (Å²) in [5.74, 6) is 1.21. The highest BCUT2D eigenvalue weighted by Crippen LogP contribution is 2.21. The second kappa shape index (κ2) is 6.71. The van der Waals surface area contributed by atoms with Crippen LogP contribution < -0.4 is 10.6 Å². The summed E-state index contributed by atoms with van der Waals surface area (Å²) in [5.41, 5.74) is 2.24. The first-order chi connectivity index (χ1) is 9.19. The first kappa shape index (κ1) is 14.1. The molecule has 3 heteroatoms.